The van der Waals surface area contributed by atoms with Crippen molar-refractivity contribution in [3.05, 3.63) is 29.8 Å². The van der Waals surface area contributed by atoms with E-state index in [1.165, 1.54) is 6.92 Å². The summed E-state index contributed by atoms with van der Waals surface area (Å²) in [6.07, 6.45) is -1.03. The van der Waals surface area contributed by atoms with E-state index in [4.69, 9.17) is 4.74 Å². The summed E-state index contributed by atoms with van der Waals surface area (Å²) in [6.45, 7) is 6.87. The van der Waals surface area contributed by atoms with Crippen LogP contribution >= 0.6 is 0 Å². The van der Waals surface area contributed by atoms with Crippen molar-refractivity contribution in [2.45, 2.75) is 33.9 Å². The standard InChI is InChI=1S/C13H17FO2/c1-9(15)16-11-7-5-10(6-8-11)12(14)13(2,3)4/h5-8,12H,1-4H3. The lowest BCUT2D eigenvalue weighted by molar-refractivity contribution is -0.131. The fraction of sp³-hybridized carbons (Fsp3) is 0.462. The average molecular weight is 224 g/mol. The predicted molar refractivity (Wildman–Crippen MR) is 61.1 cm³/mol. The Bertz CT molecular complexity index is 363. The molecule has 88 valence electrons. The van der Waals surface area contributed by atoms with E-state index < -0.39 is 11.6 Å². The lowest BCUT2D eigenvalue weighted by Gasteiger charge is -2.23. The summed E-state index contributed by atoms with van der Waals surface area (Å²) in [4.78, 5) is 10.7. The first kappa shape index (κ1) is 12.7. The molecule has 1 atom stereocenters. The highest BCUT2D eigenvalue weighted by Crippen LogP contribution is 2.36. The van der Waals surface area contributed by atoms with Gasteiger partial charge in [-0.05, 0) is 23.1 Å². The molecule has 3 heteroatoms. The van der Waals surface area contributed by atoms with Crippen LogP contribution < -0.4 is 4.74 Å². The van der Waals surface area contributed by atoms with Crippen LogP contribution in [-0.2, 0) is 4.79 Å². The molecule has 1 aromatic carbocycles. The van der Waals surface area contributed by atoms with E-state index in [1.807, 2.05) is 20.8 Å². The van der Waals surface area contributed by atoms with Crippen LogP contribution in [0.1, 0.15) is 39.4 Å². The van der Waals surface area contributed by atoms with E-state index in [9.17, 15) is 9.18 Å². The van der Waals surface area contributed by atoms with Crippen LogP contribution in [0.15, 0.2) is 24.3 Å². The van der Waals surface area contributed by atoms with Crippen LogP contribution in [0.25, 0.3) is 0 Å². The van der Waals surface area contributed by atoms with Crippen molar-refractivity contribution in [3.63, 3.8) is 0 Å². The largest absolute Gasteiger partial charge is 0.427 e. The number of hydrogen-bond acceptors (Lipinski definition) is 2. The minimum absolute atomic E-state index is 0.375. The van der Waals surface area contributed by atoms with Crippen LogP contribution in [0, 0.1) is 5.41 Å². The maximum absolute atomic E-state index is 13.9. The zero-order chi connectivity index (χ0) is 12.3. The Kier molecular flexibility index (Phi) is 3.68. The van der Waals surface area contributed by atoms with E-state index in [1.54, 1.807) is 24.3 Å². The van der Waals surface area contributed by atoms with Gasteiger partial charge in [-0.25, -0.2) is 4.39 Å². The first-order valence-corrected chi connectivity index (χ1v) is 5.23. The average Bonchev–Trinajstić information content (AvgIpc) is 2.15. The molecule has 0 amide bonds. The molecule has 0 aliphatic heterocycles. The first-order valence-electron chi connectivity index (χ1n) is 5.23. The molecular formula is C13H17FO2. The molecule has 1 aromatic rings. The predicted octanol–water partition coefficient (Wildman–Crippen LogP) is 3.67. The van der Waals surface area contributed by atoms with Crippen LogP contribution in [0.4, 0.5) is 4.39 Å². The van der Waals surface area contributed by atoms with Crippen LogP contribution in [0.5, 0.6) is 5.75 Å². The number of carbonyl (C=O) groups excluding carboxylic acids is 1. The lowest BCUT2D eigenvalue weighted by Crippen LogP contribution is -2.14. The minimum Gasteiger partial charge on any atom is -0.427 e. The number of esters is 1. The monoisotopic (exact) mass is 224 g/mol. The molecule has 0 heterocycles. The van der Waals surface area contributed by atoms with Gasteiger partial charge in [-0.15, -0.1) is 0 Å². The second-order valence-corrected chi connectivity index (χ2v) is 4.89. The van der Waals surface area contributed by atoms with Gasteiger partial charge in [0.05, 0.1) is 0 Å². The van der Waals surface area contributed by atoms with E-state index in [0.717, 1.165) is 0 Å². The van der Waals surface area contributed by atoms with E-state index in [0.29, 0.717) is 11.3 Å². The highest BCUT2D eigenvalue weighted by molar-refractivity contribution is 5.69. The zero-order valence-corrected chi connectivity index (χ0v) is 10.1. The molecular weight excluding hydrogens is 207 g/mol. The SMILES string of the molecule is CC(=O)Oc1ccc(C(F)C(C)(C)C)cc1. The van der Waals surface area contributed by atoms with Crippen molar-refractivity contribution in [2.24, 2.45) is 5.41 Å². The smallest absolute Gasteiger partial charge is 0.308 e. The summed E-state index contributed by atoms with van der Waals surface area (Å²) in [5, 5.41) is 0. The van der Waals surface area contributed by atoms with E-state index in [-0.39, 0.29) is 5.97 Å². The summed E-state index contributed by atoms with van der Waals surface area (Å²) < 4.78 is 18.8. The number of benzene rings is 1. The van der Waals surface area contributed by atoms with Crippen molar-refractivity contribution in [1.82, 2.24) is 0 Å². The van der Waals surface area contributed by atoms with E-state index >= 15 is 0 Å². The maximum Gasteiger partial charge on any atom is 0.308 e. The second kappa shape index (κ2) is 4.64. The number of alkyl halides is 1. The Labute approximate surface area is 95.4 Å². The molecule has 16 heavy (non-hydrogen) atoms. The summed E-state index contributed by atoms with van der Waals surface area (Å²) in [7, 11) is 0. The van der Waals surface area contributed by atoms with Gasteiger partial charge < -0.3 is 4.74 Å². The van der Waals surface area contributed by atoms with Gasteiger partial charge in [0, 0.05) is 6.92 Å². The molecule has 0 saturated carbocycles. The van der Waals surface area contributed by atoms with Gasteiger partial charge >= 0.3 is 5.97 Å². The van der Waals surface area contributed by atoms with Crippen molar-refractivity contribution in [3.8, 4) is 5.75 Å². The third-order valence-electron chi connectivity index (χ3n) is 2.19. The minimum atomic E-state index is -1.03. The Hall–Kier alpha value is -1.38. The van der Waals surface area contributed by atoms with Gasteiger partial charge in [-0.1, -0.05) is 32.9 Å². The summed E-state index contributed by atoms with van der Waals surface area (Å²) in [5.74, 6) is 0.0673. The molecule has 0 radical (unpaired) electrons. The molecule has 0 aliphatic carbocycles. The fourth-order valence-electron chi connectivity index (χ4n) is 1.37. The number of hydrogen-bond donors (Lipinski definition) is 0. The Morgan fingerprint density at radius 3 is 2.12 bits per heavy atom. The summed E-state index contributed by atoms with van der Waals surface area (Å²) >= 11 is 0. The molecule has 2 nitrogen and oxygen atoms in total. The molecule has 0 N–H and O–H groups in total. The summed E-state index contributed by atoms with van der Waals surface area (Å²) in [5.41, 5.74) is 0.173. The molecule has 0 fully saturated rings. The van der Waals surface area contributed by atoms with Gasteiger partial charge in [-0.2, -0.15) is 0 Å². The molecule has 0 bridgehead atoms. The van der Waals surface area contributed by atoms with Crippen molar-refractivity contribution >= 4 is 5.97 Å². The van der Waals surface area contributed by atoms with Crippen LogP contribution in [-0.4, -0.2) is 5.97 Å². The summed E-state index contributed by atoms with van der Waals surface area (Å²) in [6, 6.07) is 6.51. The molecule has 0 aliphatic rings. The number of ether oxygens (including phenoxy) is 1. The Balaban J connectivity index is 2.83. The molecule has 0 spiro atoms. The number of rotatable bonds is 2. The van der Waals surface area contributed by atoms with Crippen LogP contribution in [0.2, 0.25) is 0 Å². The number of carbonyl (C=O) groups is 1. The van der Waals surface area contributed by atoms with Crippen LogP contribution in [0.3, 0.4) is 0 Å². The number of halogens is 1. The van der Waals surface area contributed by atoms with Gasteiger partial charge in [0.25, 0.3) is 0 Å². The van der Waals surface area contributed by atoms with Gasteiger partial charge in [0.1, 0.15) is 11.9 Å². The Morgan fingerprint density at radius 2 is 1.75 bits per heavy atom. The molecule has 0 saturated heterocycles. The Morgan fingerprint density at radius 1 is 1.25 bits per heavy atom. The van der Waals surface area contributed by atoms with Crippen molar-refractivity contribution in [1.29, 1.82) is 0 Å². The molecule has 1 rings (SSSR count). The van der Waals surface area contributed by atoms with E-state index in [2.05, 4.69) is 0 Å². The third kappa shape index (κ3) is 3.33. The lowest BCUT2D eigenvalue weighted by atomic mass is 9.86. The first-order chi connectivity index (χ1) is 7.30. The van der Waals surface area contributed by atoms with Gasteiger partial charge in [-0.3, -0.25) is 4.79 Å². The van der Waals surface area contributed by atoms with Crippen molar-refractivity contribution in [2.75, 3.05) is 0 Å². The fourth-order valence-corrected chi connectivity index (χ4v) is 1.37. The topological polar surface area (TPSA) is 26.3 Å². The normalized spacial score (nSPS) is 13.3. The molecule has 1 unspecified atom stereocenters. The van der Waals surface area contributed by atoms with Gasteiger partial charge in [0.15, 0.2) is 0 Å². The maximum atomic E-state index is 13.9. The quantitative estimate of drug-likeness (QED) is 0.566. The zero-order valence-electron chi connectivity index (χ0n) is 10.1. The molecule has 0 aromatic heterocycles. The highest BCUT2D eigenvalue weighted by atomic mass is 19.1. The van der Waals surface area contributed by atoms with Gasteiger partial charge in [0.2, 0.25) is 0 Å². The second-order valence-electron chi connectivity index (χ2n) is 4.89. The highest BCUT2D eigenvalue weighted by Gasteiger charge is 2.25. The third-order valence-corrected chi connectivity index (χ3v) is 2.19. The van der Waals surface area contributed by atoms with Crippen molar-refractivity contribution < 1.29 is 13.9 Å².